The smallest absolute Gasteiger partial charge is 0.344 e. The summed E-state index contributed by atoms with van der Waals surface area (Å²) in [5.74, 6) is 2.46. The van der Waals surface area contributed by atoms with Crippen molar-refractivity contribution in [1.82, 2.24) is 10.1 Å². The number of benzene rings is 1. The third kappa shape index (κ3) is 3.26. The minimum atomic E-state index is -0.431. The number of fused-ring (bicyclic) bond motifs is 1. The molecule has 7 heteroatoms. The van der Waals surface area contributed by atoms with E-state index in [4.69, 9.17) is 9.26 Å². The second-order valence-electron chi connectivity index (χ2n) is 5.79. The summed E-state index contributed by atoms with van der Waals surface area (Å²) >= 11 is 3.90. The van der Waals surface area contributed by atoms with E-state index in [1.54, 1.807) is 19.9 Å². The van der Waals surface area contributed by atoms with Gasteiger partial charge in [0.2, 0.25) is 0 Å². The SMILES string of the molecule is Cc1cc(C(=O)Oc2ccc(C3SCCS3)cc2)c2c(C)noc2n1. The van der Waals surface area contributed by atoms with Gasteiger partial charge in [0.15, 0.2) is 0 Å². The van der Waals surface area contributed by atoms with Crippen LogP contribution < -0.4 is 4.74 Å². The molecular formula is C18H16N2O3S2. The molecule has 1 saturated heterocycles. The first-order chi connectivity index (χ1) is 12.1. The molecule has 5 nitrogen and oxygen atoms in total. The Morgan fingerprint density at radius 1 is 1.20 bits per heavy atom. The van der Waals surface area contributed by atoms with Crippen molar-refractivity contribution in [2.24, 2.45) is 0 Å². The predicted molar refractivity (Wildman–Crippen MR) is 100 cm³/mol. The van der Waals surface area contributed by atoms with Crippen LogP contribution in [0, 0.1) is 13.8 Å². The fourth-order valence-electron chi connectivity index (χ4n) is 2.78. The predicted octanol–water partition coefficient (Wildman–Crippen LogP) is 4.54. The van der Waals surface area contributed by atoms with Gasteiger partial charge in [-0.3, -0.25) is 0 Å². The molecule has 2 aromatic heterocycles. The largest absolute Gasteiger partial charge is 0.423 e. The van der Waals surface area contributed by atoms with E-state index in [2.05, 4.69) is 10.1 Å². The quantitative estimate of drug-likeness (QED) is 0.494. The number of carbonyl (C=O) groups is 1. The van der Waals surface area contributed by atoms with E-state index in [1.807, 2.05) is 47.8 Å². The second kappa shape index (κ2) is 6.72. The summed E-state index contributed by atoms with van der Waals surface area (Å²) in [4.78, 5) is 16.9. The number of aromatic nitrogens is 2. The van der Waals surface area contributed by atoms with Gasteiger partial charge < -0.3 is 9.26 Å². The Balaban J connectivity index is 1.59. The zero-order valence-electron chi connectivity index (χ0n) is 13.8. The summed E-state index contributed by atoms with van der Waals surface area (Å²) in [6.45, 7) is 3.59. The summed E-state index contributed by atoms with van der Waals surface area (Å²) in [7, 11) is 0. The number of ether oxygens (including phenoxy) is 1. The van der Waals surface area contributed by atoms with Gasteiger partial charge >= 0.3 is 5.97 Å². The van der Waals surface area contributed by atoms with Gasteiger partial charge in [0.05, 0.1) is 21.2 Å². The van der Waals surface area contributed by atoms with Crippen LogP contribution in [0.2, 0.25) is 0 Å². The van der Waals surface area contributed by atoms with Crippen LogP contribution in [0.5, 0.6) is 5.75 Å². The van der Waals surface area contributed by atoms with Gasteiger partial charge in [-0.25, -0.2) is 9.78 Å². The molecule has 0 amide bonds. The molecule has 1 aliphatic rings. The van der Waals surface area contributed by atoms with Gasteiger partial charge in [0.25, 0.3) is 5.71 Å². The van der Waals surface area contributed by atoms with Crippen molar-refractivity contribution in [1.29, 1.82) is 0 Å². The van der Waals surface area contributed by atoms with Gasteiger partial charge in [0.1, 0.15) is 5.75 Å². The van der Waals surface area contributed by atoms with Crippen LogP contribution in [-0.2, 0) is 0 Å². The van der Waals surface area contributed by atoms with Crippen molar-refractivity contribution in [3.05, 3.63) is 52.8 Å². The summed E-state index contributed by atoms with van der Waals surface area (Å²) in [5.41, 5.74) is 3.34. The van der Waals surface area contributed by atoms with Crippen LogP contribution in [-0.4, -0.2) is 27.6 Å². The molecule has 4 rings (SSSR count). The minimum Gasteiger partial charge on any atom is -0.423 e. The number of thioether (sulfide) groups is 2. The van der Waals surface area contributed by atoms with Crippen molar-refractivity contribution in [2.75, 3.05) is 11.5 Å². The minimum absolute atomic E-state index is 0.357. The highest BCUT2D eigenvalue weighted by atomic mass is 32.2. The fourth-order valence-corrected chi connectivity index (χ4v) is 5.64. The Bertz CT molecular complexity index is 931. The molecule has 0 unspecified atom stereocenters. The normalized spacial score (nSPS) is 15.0. The summed E-state index contributed by atoms with van der Waals surface area (Å²) in [5, 5.41) is 4.50. The van der Waals surface area contributed by atoms with Crippen molar-refractivity contribution in [3.8, 4) is 5.75 Å². The van der Waals surface area contributed by atoms with Gasteiger partial charge in [-0.1, -0.05) is 17.3 Å². The Labute approximate surface area is 153 Å². The molecular weight excluding hydrogens is 356 g/mol. The third-order valence-electron chi connectivity index (χ3n) is 3.95. The van der Waals surface area contributed by atoms with Crippen LogP contribution in [0.3, 0.4) is 0 Å². The molecule has 0 bridgehead atoms. The maximum absolute atomic E-state index is 12.6. The Hall–Kier alpha value is -1.99. The van der Waals surface area contributed by atoms with Crippen LogP contribution in [0.15, 0.2) is 34.9 Å². The number of pyridine rings is 1. The van der Waals surface area contributed by atoms with E-state index in [0.717, 1.165) is 0 Å². The lowest BCUT2D eigenvalue weighted by atomic mass is 10.1. The lowest BCUT2D eigenvalue weighted by molar-refractivity contribution is 0.0736. The van der Waals surface area contributed by atoms with Gasteiger partial charge in [-0.2, -0.15) is 0 Å². The van der Waals surface area contributed by atoms with Crippen molar-refractivity contribution in [3.63, 3.8) is 0 Å². The van der Waals surface area contributed by atoms with E-state index in [0.29, 0.717) is 38.4 Å². The molecule has 0 saturated carbocycles. The average molecular weight is 372 g/mol. The van der Waals surface area contributed by atoms with Crippen molar-refractivity contribution in [2.45, 2.75) is 18.4 Å². The van der Waals surface area contributed by atoms with Crippen molar-refractivity contribution < 1.29 is 14.1 Å². The fraction of sp³-hybridized carbons (Fsp3) is 0.278. The third-order valence-corrected chi connectivity index (χ3v) is 7.05. The molecule has 0 N–H and O–H groups in total. The molecule has 3 heterocycles. The molecule has 3 aromatic rings. The zero-order chi connectivity index (χ0) is 17.4. The highest BCUT2D eigenvalue weighted by Gasteiger charge is 2.21. The highest BCUT2D eigenvalue weighted by Crippen LogP contribution is 2.45. The van der Waals surface area contributed by atoms with Crippen molar-refractivity contribution >= 4 is 40.6 Å². The maximum atomic E-state index is 12.6. The lowest BCUT2D eigenvalue weighted by Crippen LogP contribution is -2.10. The molecule has 1 aliphatic heterocycles. The number of aryl methyl sites for hydroxylation is 2. The molecule has 0 aliphatic carbocycles. The maximum Gasteiger partial charge on any atom is 0.344 e. The molecule has 1 aromatic carbocycles. The highest BCUT2D eigenvalue weighted by molar-refractivity contribution is 8.19. The molecule has 128 valence electrons. The molecule has 25 heavy (non-hydrogen) atoms. The average Bonchev–Trinajstić information content (AvgIpc) is 3.25. The molecule has 0 radical (unpaired) electrons. The Kier molecular flexibility index (Phi) is 4.43. The first-order valence-electron chi connectivity index (χ1n) is 7.91. The molecule has 1 fully saturated rings. The summed E-state index contributed by atoms with van der Waals surface area (Å²) in [6.07, 6.45) is 0. The van der Waals surface area contributed by atoms with Crippen LogP contribution in [0.25, 0.3) is 11.1 Å². The van der Waals surface area contributed by atoms with E-state index >= 15 is 0 Å². The van der Waals surface area contributed by atoms with Gasteiger partial charge in [0, 0.05) is 17.2 Å². The number of hydrogen-bond acceptors (Lipinski definition) is 7. The Morgan fingerprint density at radius 2 is 1.92 bits per heavy atom. The van der Waals surface area contributed by atoms with E-state index in [9.17, 15) is 4.79 Å². The van der Waals surface area contributed by atoms with Crippen LogP contribution >= 0.6 is 23.5 Å². The number of esters is 1. The topological polar surface area (TPSA) is 65.2 Å². The number of carbonyl (C=O) groups excluding carboxylic acids is 1. The first kappa shape index (κ1) is 16.5. The summed E-state index contributed by atoms with van der Waals surface area (Å²) in [6, 6.07) is 9.44. The van der Waals surface area contributed by atoms with E-state index < -0.39 is 5.97 Å². The Morgan fingerprint density at radius 3 is 2.64 bits per heavy atom. The van der Waals surface area contributed by atoms with E-state index in [1.165, 1.54) is 17.1 Å². The van der Waals surface area contributed by atoms with Gasteiger partial charge in [-0.15, -0.1) is 23.5 Å². The zero-order valence-corrected chi connectivity index (χ0v) is 15.4. The van der Waals surface area contributed by atoms with Crippen LogP contribution in [0.4, 0.5) is 0 Å². The summed E-state index contributed by atoms with van der Waals surface area (Å²) < 4.78 is 11.2. The number of rotatable bonds is 3. The molecule has 0 atom stereocenters. The van der Waals surface area contributed by atoms with Crippen LogP contribution in [0.1, 0.15) is 31.9 Å². The van der Waals surface area contributed by atoms with E-state index in [-0.39, 0.29) is 0 Å². The monoisotopic (exact) mass is 372 g/mol. The standard InChI is InChI=1S/C18H16N2O3S2/c1-10-9-14(15-11(2)20-23-16(15)19-10)17(21)22-13-5-3-12(4-6-13)18-24-7-8-25-18/h3-6,9,18H,7-8H2,1-2H3. The molecule has 0 spiro atoms. The first-order valence-corrected chi connectivity index (χ1v) is 10.0. The number of nitrogens with zero attached hydrogens (tertiary/aromatic N) is 2. The lowest BCUT2D eigenvalue weighted by Gasteiger charge is -2.10. The number of hydrogen-bond donors (Lipinski definition) is 0. The van der Waals surface area contributed by atoms with Gasteiger partial charge in [-0.05, 0) is 37.6 Å². The second-order valence-corrected chi connectivity index (χ2v) is 8.52.